The van der Waals surface area contributed by atoms with Crippen molar-refractivity contribution in [1.29, 1.82) is 0 Å². The maximum absolute atomic E-state index is 12.9. The minimum atomic E-state index is -0.436. The number of ether oxygens (including phenoxy) is 1. The molecule has 0 atom stereocenters. The minimum absolute atomic E-state index is 0.259. The predicted molar refractivity (Wildman–Crippen MR) is 111 cm³/mol. The van der Waals surface area contributed by atoms with Crippen molar-refractivity contribution in [2.24, 2.45) is 0 Å². The summed E-state index contributed by atoms with van der Waals surface area (Å²) in [6.45, 7) is 7.80. The predicted octanol–water partition coefficient (Wildman–Crippen LogP) is 3.69. The van der Waals surface area contributed by atoms with Gasteiger partial charge >= 0.3 is 5.97 Å². The van der Waals surface area contributed by atoms with Crippen LogP contribution in [0.3, 0.4) is 0 Å². The molecular formula is C20H22N2O3S2. The number of hydrogen-bond acceptors (Lipinski definition) is 5. The van der Waals surface area contributed by atoms with Gasteiger partial charge in [0.15, 0.2) is 6.61 Å². The number of carbonyl (C=O) groups is 2. The van der Waals surface area contributed by atoms with Gasteiger partial charge in [-0.3, -0.25) is 4.79 Å². The Morgan fingerprint density at radius 1 is 1.22 bits per heavy atom. The van der Waals surface area contributed by atoms with E-state index >= 15 is 0 Å². The van der Waals surface area contributed by atoms with E-state index in [0.29, 0.717) is 18.7 Å². The van der Waals surface area contributed by atoms with Gasteiger partial charge in [-0.2, -0.15) is 11.8 Å². The van der Waals surface area contributed by atoms with E-state index in [1.54, 1.807) is 28.4 Å². The number of thiophene rings is 1. The van der Waals surface area contributed by atoms with Crippen LogP contribution in [-0.4, -0.2) is 46.8 Å². The Balaban J connectivity index is 1.80. The monoisotopic (exact) mass is 402 g/mol. The zero-order valence-electron chi connectivity index (χ0n) is 15.1. The molecule has 1 aliphatic heterocycles. The van der Waals surface area contributed by atoms with Gasteiger partial charge in [-0.25, -0.2) is 4.79 Å². The third kappa shape index (κ3) is 4.36. The van der Waals surface area contributed by atoms with Crippen LogP contribution in [0.4, 0.5) is 0 Å². The lowest BCUT2D eigenvalue weighted by molar-refractivity contribution is -0.133. The fraction of sp³-hybridized carbons (Fsp3) is 0.300. The minimum Gasteiger partial charge on any atom is -0.452 e. The van der Waals surface area contributed by atoms with Crippen LogP contribution in [0, 0.1) is 0 Å². The van der Waals surface area contributed by atoms with E-state index < -0.39 is 5.97 Å². The lowest BCUT2D eigenvalue weighted by Crippen LogP contribution is -2.35. The summed E-state index contributed by atoms with van der Waals surface area (Å²) in [5.74, 6) is 1.20. The number of hydrogen-bond donors (Lipinski definition) is 0. The van der Waals surface area contributed by atoms with Crippen LogP contribution in [0.1, 0.15) is 20.8 Å². The molecular weight excluding hydrogens is 380 g/mol. The molecule has 1 amide bonds. The molecule has 7 heteroatoms. The SMILES string of the molecule is C=CCN(CC=C)C(=O)COC(=O)c1c(-n2cccc2)sc2c1CCSC2. The van der Waals surface area contributed by atoms with Crippen LogP contribution in [0.2, 0.25) is 0 Å². The maximum atomic E-state index is 12.9. The summed E-state index contributed by atoms with van der Waals surface area (Å²) in [6.07, 6.45) is 7.96. The van der Waals surface area contributed by atoms with Gasteiger partial charge < -0.3 is 14.2 Å². The van der Waals surface area contributed by atoms with Gasteiger partial charge in [-0.05, 0) is 29.9 Å². The summed E-state index contributed by atoms with van der Waals surface area (Å²) in [5, 5.41) is 0.860. The quantitative estimate of drug-likeness (QED) is 0.499. The fourth-order valence-electron chi connectivity index (χ4n) is 2.96. The first-order chi connectivity index (χ1) is 13.2. The van der Waals surface area contributed by atoms with Crippen LogP contribution in [0.25, 0.3) is 5.00 Å². The van der Waals surface area contributed by atoms with Gasteiger partial charge in [0.1, 0.15) is 5.00 Å². The number of esters is 1. The highest BCUT2D eigenvalue weighted by Gasteiger charge is 2.28. The lowest BCUT2D eigenvalue weighted by atomic mass is 10.1. The van der Waals surface area contributed by atoms with Gasteiger partial charge in [-0.15, -0.1) is 24.5 Å². The standard InChI is InChI=1S/C20H22N2O3S2/c1-3-8-21(9-4-2)17(23)13-25-20(24)18-15-7-12-26-14-16(15)27-19(18)22-10-5-6-11-22/h3-6,10-11H,1-2,7-9,12-14H2. The molecule has 0 fully saturated rings. The average Bonchev–Trinajstić information content (AvgIpc) is 3.33. The molecule has 0 aromatic carbocycles. The Kier molecular flexibility index (Phi) is 6.58. The molecule has 3 heterocycles. The summed E-state index contributed by atoms with van der Waals surface area (Å²) in [5.41, 5.74) is 1.66. The Labute approximate surface area is 167 Å². The second-order valence-electron chi connectivity index (χ2n) is 6.03. The zero-order valence-corrected chi connectivity index (χ0v) is 16.7. The number of nitrogens with zero attached hydrogens (tertiary/aromatic N) is 2. The van der Waals surface area contributed by atoms with E-state index in [0.717, 1.165) is 28.5 Å². The van der Waals surface area contributed by atoms with E-state index in [2.05, 4.69) is 13.2 Å². The number of rotatable bonds is 8. The molecule has 0 spiro atoms. The molecule has 0 unspecified atom stereocenters. The number of aromatic nitrogens is 1. The van der Waals surface area contributed by atoms with Crippen LogP contribution >= 0.6 is 23.1 Å². The second-order valence-corrected chi connectivity index (χ2v) is 8.22. The molecule has 0 radical (unpaired) electrons. The van der Waals surface area contributed by atoms with Crippen molar-refractivity contribution in [2.45, 2.75) is 12.2 Å². The molecule has 5 nitrogen and oxygen atoms in total. The Morgan fingerprint density at radius 2 is 1.93 bits per heavy atom. The van der Waals surface area contributed by atoms with Gasteiger partial charge in [0, 0.05) is 36.1 Å². The zero-order chi connectivity index (χ0) is 19.2. The number of amides is 1. The molecule has 3 rings (SSSR count). The first-order valence-electron chi connectivity index (χ1n) is 8.68. The number of carbonyl (C=O) groups excluding carboxylic acids is 2. The smallest absolute Gasteiger partial charge is 0.341 e. The van der Waals surface area contributed by atoms with Crippen molar-refractivity contribution in [3.63, 3.8) is 0 Å². The largest absolute Gasteiger partial charge is 0.452 e. The van der Waals surface area contributed by atoms with Crippen LogP contribution < -0.4 is 0 Å². The Morgan fingerprint density at radius 3 is 2.59 bits per heavy atom. The van der Waals surface area contributed by atoms with Gasteiger partial charge in [0.2, 0.25) is 0 Å². The summed E-state index contributed by atoms with van der Waals surface area (Å²) in [7, 11) is 0. The lowest BCUT2D eigenvalue weighted by Gasteiger charge is -2.19. The molecule has 1 aliphatic rings. The summed E-state index contributed by atoms with van der Waals surface area (Å²) < 4.78 is 7.35. The van der Waals surface area contributed by atoms with Crippen LogP contribution in [-0.2, 0) is 21.7 Å². The third-order valence-corrected chi connectivity index (χ3v) is 6.64. The second kappa shape index (κ2) is 9.10. The summed E-state index contributed by atoms with van der Waals surface area (Å²) >= 11 is 3.50. The molecule has 27 heavy (non-hydrogen) atoms. The maximum Gasteiger partial charge on any atom is 0.341 e. The number of fused-ring (bicyclic) bond motifs is 1. The molecule has 2 aromatic rings. The van der Waals surface area contributed by atoms with Gasteiger partial charge in [0.05, 0.1) is 5.56 Å². The molecule has 0 aliphatic carbocycles. The van der Waals surface area contributed by atoms with Crippen LogP contribution in [0.5, 0.6) is 0 Å². The van der Waals surface area contributed by atoms with Crippen molar-refractivity contribution < 1.29 is 14.3 Å². The van der Waals surface area contributed by atoms with E-state index in [1.165, 1.54) is 4.88 Å². The number of thioether (sulfide) groups is 1. The topological polar surface area (TPSA) is 51.5 Å². The highest BCUT2D eigenvalue weighted by Crippen LogP contribution is 2.38. The molecule has 0 saturated heterocycles. The van der Waals surface area contributed by atoms with Crippen molar-refractivity contribution in [3.05, 3.63) is 65.8 Å². The summed E-state index contributed by atoms with van der Waals surface area (Å²) in [6, 6.07) is 3.85. The normalized spacial score (nSPS) is 12.9. The highest BCUT2D eigenvalue weighted by atomic mass is 32.2. The van der Waals surface area contributed by atoms with E-state index in [1.807, 2.05) is 40.9 Å². The van der Waals surface area contributed by atoms with Crippen molar-refractivity contribution in [1.82, 2.24) is 9.47 Å². The van der Waals surface area contributed by atoms with Crippen molar-refractivity contribution >= 4 is 35.0 Å². The molecule has 0 saturated carbocycles. The Hall–Kier alpha value is -2.25. The van der Waals surface area contributed by atoms with Crippen molar-refractivity contribution in [2.75, 3.05) is 25.4 Å². The molecule has 0 N–H and O–H groups in total. The van der Waals surface area contributed by atoms with Gasteiger partial charge in [-0.1, -0.05) is 12.2 Å². The van der Waals surface area contributed by atoms with E-state index in [9.17, 15) is 9.59 Å². The third-order valence-electron chi connectivity index (χ3n) is 4.22. The van der Waals surface area contributed by atoms with Crippen LogP contribution in [0.15, 0.2) is 49.8 Å². The van der Waals surface area contributed by atoms with Crippen molar-refractivity contribution in [3.8, 4) is 5.00 Å². The molecule has 2 aromatic heterocycles. The van der Waals surface area contributed by atoms with E-state index in [4.69, 9.17) is 4.74 Å². The first kappa shape index (κ1) is 19.5. The first-order valence-corrected chi connectivity index (χ1v) is 10.6. The average molecular weight is 403 g/mol. The highest BCUT2D eigenvalue weighted by molar-refractivity contribution is 7.98. The van der Waals surface area contributed by atoms with Gasteiger partial charge in [0.25, 0.3) is 5.91 Å². The fourth-order valence-corrected chi connectivity index (χ4v) is 5.40. The van der Waals surface area contributed by atoms with E-state index in [-0.39, 0.29) is 12.5 Å². The molecule has 0 bridgehead atoms. The molecule has 142 valence electrons. The summed E-state index contributed by atoms with van der Waals surface area (Å²) in [4.78, 5) is 28.0. The Bertz CT molecular complexity index is 830.